The zero-order valence-corrected chi connectivity index (χ0v) is 10.7. The van der Waals surface area contributed by atoms with Crippen LogP contribution in [0.4, 0.5) is 0 Å². The highest BCUT2D eigenvalue weighted by Gasteiger charge is 2.15. The molecular formula is C15H19NO. The first-order chi connectivity index (χ1) is 8.03. The van der Waals surface area contributed by atoms with E-state index in [9.17, 15) is 0 Å². The van der Waals surface area contributed by atoms with Gasteiger partial charge in [0.1, 0.15) is 5.76 Å². The quantitative estimate of drug-likeness (QED) is 0.799. The summed E-state index contributed by atoms with van der Waals surface area (Å²) < 4.78 is 5.36. The van der Waals surface area contributed by atoms with Crippen molar-refractivity contribution in [2.24, 2.45) is 5.41 Å². The van der Waals surface area contributed by atoms with Crippen LogP contribution in [-0.4, -0.2) is 5.16 Å². The SMILES string of the molecule is CC(C)(C)Cc1cc(Cc2ccccc2)no1. The van der Waals surface area contributed by atoms with Crippen molar-refractivity contribution < 1.29 is 4.52 Å². The molecule has 1 aromatic heterocycles. The van der Waals surface area contributed by atoms with Crippen LogP contribution < -0.4 is 0 Å². The lowest BCUT2D eigenvalue weighted by Gasteiger charge is -2.14. The minimum Gasteiger partial charge on any atom is -0.361 e. The minimum atomic E-state index is 0.240. The lowest BCUT2D eigenvalue weighted by atomic mass is 9.91. The first-order valence-electron chi connectivity index (χ1n) is 6.01. The van der Waals surface area contributed by atoms with E-state index < -0.39 is 0 Å². The molecule has 0 aliphatic carbocycles. The van der Waals surface area contributed by atoms with Gasteiger partial charge in [-0.1, -0.05) is 56.3 Å². The second-order valence-corrected chi connectivity index (χ2v) is 5.68. The summed E-state index contributed by atoms with van der Waals surface area (Å²) in [6.45, 7) is 6.60. The lowest BCUT2D eigenvalue weighted by molar-refractivity contribution is 0.318. The van der Waals surface area contributed by atoms with E-state index in [2.05, 4.69) is 44.1 Å². The summed E-state index contributed by atoms with van der Waals surface area (Å²) in [5, 5.41) is 4.12. The fourth-order valence-corrected chi connectivity index (χ4v) is 1.85. The van der Waals surface area contributed by atoms with Crippen LogP contribution in [0.1, 0.15) is 37.8 Å². The molecule has 0 radical (unpaired) electrons. The average molecular weight is 229 g/mol. The van der Waals surface area contributed by atoms with Crippen LogP contribution in [0.15, 0.2) is 40.9 Å². The van der Waals surface area contributed by atoms with E-state index in [1.807, 2.05) is 18.2 Å². The zero-order valence-electron chi connectivity index (χ0n) is 10.7. The van der Waals surface area contributed by atoms with Crippen molar-refractivity contribution in [2.45, 2.75) is 33.6 Å². The Balaban J connectivity index is 2.04. The van der Waals surface area contributed by atoms with Gasteiger partial charge in [0.25, 0.3) is 0 Å². The van der Waals surface area contributed by atoms with Gasteiger partial charge in [0.2, 0.25) is 0 Å². The molecule has 17 heavy (non-hydrogen) atoms. The predicted molar refractivity (Wildman–Crippen MR) is 68.9 cm³/mol. The van der Waals surface area contributed by atoms with Gasteiger partial charge >= 0.3 is 0 Å². The van der Waals surface area contributed by atoms with Crippen LogP contribution in [0, 0.1) is 5.41 Å². The molecule has 2 heteroatoms. The molecule has 2 rings (SSSR count). The molecular weight excluding hydrogens is 210 g/mol. The van der Waals surface area contributed by atoms with Crippen molar-refractivity contribution >= 4 is 0 Å². The topological polar surface area (TPSA) is 26.0 Å². The van der Waals surface area contributed by atoms with Gasteiger partial charge in [-0.15, -0.1) is 0 Å². The maximum absolute atomic E-state index is 5.36. The number of rotatable bonds is 3. The van der Waals surface area contributed by atoms with Crippen molar-refractivity contribution in [1.82, 2.24) is 5.16 Å². The number of hydrogen-bond acceptors (Lipinski definition) is 2. The van der Waals surface area contributed by atoms with Crippen LogP contribution in [0.25, 0.3) is 0 Å². The van der Waals surface area contributed by atoms with E-state index in [1.165, 1.54) is 5.56 Å². The first-order valence-corrected chi connectivity index (χ1v) is 6.01. The Hall–Kier alpha value is -1.57. The summed E-state index contributed by atoms with van der Waals surface area (Å²) in [6, 6.07) is 12.4. The van der Waals surface area contributed by atoms with Crippen LogP contribution in [0.3, 0.4) is 0 Å². The van der Waals surface area contributed by atoms with Gasteiger partial charge in [0.15, 0.2) is 0 Å². The highest BCUT2D eigenvalue weighted by Crippen LogP contribution is 2.21. The van der Waals surface area contributed by atoms with Crippen molar-refractivity contribution in [1.29, 1.82) is 0 Å². The molecule has 0 spiro atoms. The average Bonchev–Trinajstić information content (AvgIpc) is 2.64. The highest BCUT2D eigenvalue weighted by molar-refractivity contribution is 5.21. The van der Waals surface area contributed by atoms with Crippen molar-refractivity contribution in [3.05, 3.63) is 53.4 Å². The van der Waals surface area contributed by atoms with Crippen molar-refractivity contribution in [2.75, 3.05) is 0 Å². The Kier molecular flexibility index (Phi) is 3.32. The fraction of sp³-hybridized carbons (Fsp3) is 0.400. The third kappa shape index (κ3) is 3.74. The Morgan fingerprint density at radius 3 is 2.47 bits per heavy atom. The third-order valence-electron chi connectivity index (χ3n) is 2.54. The van der Waals surface area contributed by atoms with Crippen LogP contribution in [0.2, 0.25) is 0 Å². The second-order valence-electron chi connectivity index (χ2n) is 5.68. The fourth-order valence-electron chi connectivity index (χ4n) is 1.85. The van der Waals surface area contributed by atoms with E-state index in [0.29, 0.717) is 0 Å². The molecule has 0 fully saturated rings. The summed E-state index contributed by atoms with van der Waals surface area (Å²) >= 11 is 0. The number of aromatic nitrogens is 1. The highest BCUT2D eigenvalue weighted by atomic mass is 16.5. The van der Waals surface area contributed by atoms with Crippen LogP contribution in [-0.2, 0) is 12.8 Å². The van der Waals surface area contributed by atoms with Gasteiger partial charge in [-0.25, -0.2) is 0 Å². The largest absolute Gasteiger partial charge is 0.361 e. The summed E-state index contributed by atoms with van der Waals surface area (Å²) in [5.41, 5.74) is 2.52. The Morgan fingerprint density at radius 1 is 1.12 bits per heavy atom. The Bertz CT molecular complexity index is 465. The van der Waals surface area contributed by atoms with Gasteiger partial charge in [0.05, 0.1) is 5.69 Å². The molecule has 0 aliphatic heterocycles. The maximum atomic E-state index is 5.36. The lowest BCUT2D eigenvalue weighted by Crippen LogP contribution is -2.08. The number of nitrogens with zero attached hydrogens (tertiary/aromatic N) is 1. The molecule has 0 amide bonds. The summed E-state index contributed by atoms with van der Waals surface area (Å²) in [4.78, 5) is 0. The van der Waals surface area contributed by atoms with Gasteiger partial charge in [-0.3, -0.25) is 0 Å². The number of benzene rings is 1. The molecule has 0 N–H and O–H groups in total. The standard InChI is InChI=1S/C15H19NO/c1-15(2,3)11-14-10-13(16-17-14)9-12-7-5-4-6-8-12/h4-8,10H,9,11H2,1-3H3. The maximum Gasteiger partial charge on any atom is 0.137 e. The monoisotopic (exact) mass is 229 g/mol. The molecule has 0 bridgehead atoms. The third-order valence-corrected chi connectivity index (χ3v) is 2.54. The van der Waals surface area contributed by atoms with E-state index in [1.54, 1.807) is 0 Å². The zero-order chi connectivity index (χ0) is 12.3. The Labute approximate surface area is 103 Å². The van der Waals surface area contributed by atoms with Gasteiger partial charge in [-0.2, -0.15) is 0 Å². The molecule has 0 aliphatic rings. The molecule has 1 heterocycles. The molecule has 0 unspecified atom stereocenters. The first kappa shape index (κ1) is 11.9. The van der Waals surface area contributed by atoms with Crippen LogP contribution >= 0.6 is 0 Å². The summed E-state index contributed by atoms with van der Waals surface area (Å²) in [6.07, 6.45) is 1.77. The molecule has 0 atom stereocenters. The van der Waals surface area contributed by atoms with E-state index in [-0.39, 0.29) is 5.41 Å². The minimum absolute atomic E-state index is 0.240. The molecule has 90 valence electrons. The van der Waals surface area contributed by atoms with Gasteiger partial charge in [0, 0.05) is 18.9 Å². The molecule has 2 aromatic rings. The smallest absolute Gasteiger partial charge is 0.137 e. The summed E-state index contributed by atoms with van der Waals surface area (Å²) in [7, 11) is 0. The van der Waals surface area contributed by atoms with E-state index in [4.69, 9.17) is 4.52 Å². The normalized spacial score (nSPS) is 11.7. The van der Waals surface area contributed by atoms with Crippen LogP contribution in [0.5, 0.6) is 0 Å². The van der Waals surface area contributed by atoms with E-state index >= 15 is 0 Å². The predicted octanol–water partition coefficient (Wildman–Crippen LogP) is 3.85. The van der Waals surface area contributed by atoms with E-state index in [0.717, 1.165) is 24.3 Å². The van der Waals surface area contributed by atoms with Gasteiger partial charge < -0.3 is 4.52 Å². The van der Waals surface area contributed by atoms with Crippen molar-refractivity contribution in [3.63, 3.8) is 0 Å². The second kappa shape index (κ2) is 4.74. The Morgan fingerprint density at radius 2 is 1.82 bits per heavy atom. The molecule has 0 saturated carbocycles. The molecule has 1 aromatic carbocycles. The molecule has 2 nitrogen and oxygen atoms in total. The van der Waals surface area contributed by atoms with Crippen molar-refractivity contribution in [3.8, 4) is 0 Å². The van der Waals surface area contributed by atoms with Gasteiger partial charge in [-0.05, 0) is 11.0 Å². The number of hydrogen-bond donors (Lipinski definition) is 0. The molecule has 0 saturated heterocycles. The summed E-state index contributed by atoms with van der Waals surface area (Å²) in [5.74, 6) is 0.975.